The molecule has 0 saturated heterocycles. The zero-order valence-electron chi connectivity index (χ0n) is 13.2. The van der Waals surface area contributed by atoms with Gasteiger partial charge in [0, 0.05) is 5.69 Å². The molecular formula is C18H20FNO3. The van der Waals surface area contributed by atoms with E-state index >= 15 is 0 Å². The van der Waals surface area contributed by atoms with E-state index in [2.05, 4.69) is 5.32 Å². The number of alkyl halides is 1. The predicted octanol–water partition coefficient (Wildman–Crippen LogP) is 3.75. The molecule has 5 heteroatoms. The van der Waals surface area contributed by atoms with E-state index in [0.29, 0.717) is 17.0 Å². The lowest BCUT2D eigenvalue weighted by Gasteiger charge is -2.23. The fraction of sp³-hybridized carbons (Fsp3) is 0.278. The molecule has 0 amide bonds. The van der Waals surface area contributed by atoms with Crippen LogP contribution in [-0.4, -0.2) is 25.9 Å². The maximum absolute atomic E-state index is 14.6. The first-order valence-corrected chi connectivity index (χ1v) is 7.42. The lowest BCUT2D eigenvalue weighted by atomic mass is 10.0. The van der Waals surface area contributed by atoms with Gasteiger partial charge in [0.15, 0.2) is 0 Å². The largest absolute Gasteiger partial charge is 0.497 e. The van der Waals surface area contributed by atoms with Crippen molar-refractivity contribution in [1.29, 1.82) is 0 Å². The third kappa shape index (κ3) is 4.45. The first kappa shape index (κ1) is 16.8. The summed E-state index contributed by atoms with van der Waals surface area (Å²) >= 11 is 0. The summed E-state index contributed by atoms with van der Waals surface area (Å²) in [6.45, 7) is 1.79. The average Bonchev–Trinajstić information content (AvgIpc) is 2.60. The second kappa shape index (κ2) is 8.17. The summed E-state index contributed by atoms with van der Waals surface area (Å²) in [6.07, 6.45) is -1.81. The summed E-state index contributed by atoms with van der Waals surface area (Å²) in [5.74, 6) is -0.170. The van der Waals surface area contributed by atoms with Gasteiger partial charge in [-0.2, -0.15) is 0 Å². The quantitative estimate of drug-likeness (QED) is 0.790. The average molecular weight is 317 g/mol. The number of ether oxygens (including phenoxy) is 2. The van der Waals surface area contributed by atoms with Crippen molar-refractivity contribution in [3.05, 3.63) is 60.2 Å². The van der Waals surface area contributed by atoms with Crippen LogP contribution < -0.4 is 10.1 Å². The smallest absolute Gasteiger partial charge is 0.343 e. The van der Waals surface area contributed by atoms with Crippen molar-refractivity contribution in [3.8, 4) is 5.75 Å². The number of halogens is 1. The van der Waals surface area contributed by atoms with Crippen LogP contribution in [0.2, 0.25) is 0 Å². The van der Waals surface area contributed by atoms with Crippen LogP contribution in [0.4, 0.5) is 10.1 Å². The highest BCUT2D eigenvalue weighted by atomic mass is 19.1. The number of rotatable bonds is 7. The molecule has 0 heterocycles. The van der Waals surface area contributed by atoms with Gasteiger partial charge in [-0.3, -0.25) is 0 Å². The van der Waals surface area contributed by atoms with E-state index in [9.17, 15) is 9.18 Å². The van der Waals surface area contributed by atoms with Crippen molar-refractivity contribution in [2.45, 2.75) is 19.1 Å². The molecule has 0 fully saturated rings. The zero-order valence-corrected chi connectivity index (χ0v) is 13.2. The summed E-state index contributed by atoms with van der Waals surface area (Å²) in [6, 6.07) is 15.2. The van der Waals surface area contributed by atoms with Crippen molar-refractivity contribution in [2.75, 3.05) is 19.0 Å². The van der Waals surface area contributed by atoms with Gasteiger partial charge in [0.05, 0.1) is 19.8 Å². The van der Waals surface area contributed by atoms with Gasteiger partial charge in [0.25, 0.3) is 0 Å². The van der Waals surface area contributed by atoms with Gasteiger partial charge >= 0.3 is 5.97 Å². The van der Waals surface area contributed by atoms with E-state index in [4.69, 9.17) is 9.47 Å². The van der Waals surface area contributed by atoms with Crippen LogP contribution in [0.3, 0.4) is 0 Å². The molecule has 4 nitrogen and oxygen atoms in total. The van der Waals surface area contributed by atoms with Crippen molar-refractivity contribution in [2.24, 2.45) is 0 Å². The highest BCUT2D eigenvalue weighted by molar-refractivity contribution is 5.76. The summed E-state index contributed by atoms with van der Waals surface area (Å²) in [7, 11) is 1.58. The molecule has 0 radical (unpaired) electrons. The van der Waals surface area contributed by atoms with Crippen LogP contribution in [0.15, 0.2) is 54.6 Å². The van der Waals surface area contributed by atoms with E-state index in [1.807, 2.05) is 6.07 Å². The van der Waals surface area contributed by atoms with Crippen LogP contribution in [0.1, 0.15) is 18.5 Å². The lowest BCUT2D eigenvalue weighted by Crippen LogP contribution is -2.31. The Morgan fingerprint density at radius 3 is 2.35 bits per heavy atom. The Labute approximate surface area is 135 Å². The van der Waals surface area contributed by atoms with E-state index in [-0.39, 0.29) is 6.61 Å². The molecule has 0 unspecified atom stereocenters. The molecule has 23 heavy (non-hydrogen) atoms. The van der Waals surface area contributed by atoms with Crippen LogP contribution in [0.25, 0.3) is 0 Å². The van der Waals surface area contributed by atoms with Gasteiger partial charge in [-0.15, -0.1) is 0 Å². The van der Waals surface area contributed by atoms with Crippen LogP contribution >= 0.6 is 0 Å². The van der Waals surface area contributed by atoms with E-state index < -0.39 is 18.2 Å². The normalized spacial score (nSPS) is 13.0. The van der Waals surface area contributed by atoms with E-state index in [1.165, 1.54) is 0 Å². The summed E-state index contributed by atoms with van der Waals surface area (Å²) < 4.78 is 24.5. The van der Waals surface area contributed by atoms with E-state index in [1.54, 1.807) is 62.6 Å². The number of esters is 1. The number of carbonyl (C=O) groups is 1. The Morgan fingerprint density at radius 1 is 1.13 bits per heavy atom. The molecular weight excluding hydrogens is 297 g/mol. The number of nitrogens with one attached hydrogen (secondary N) is 1. The number of hydrogen-bond donors (Lipinski definition) is 1. The molecule has 2 aromatic carbocycles. The Balaban J connectivity index is 2.24. The SMILES string of the molecule is CCOC(=O)[C@H](F)[C@@H](Nc1ccc(OC)cc1)c1ccccc1. The van der Waals surface area contributed by atoms with Gasteiger partial charge in [0.1, 0.15) is 5.75 Å². The van der Waals surface area contributed by atoms with Crippen molar-refractivity contribution < 1.29 is 18.7 Å². The van der Waals surface area contributed by atoms with Gasteiger partial charge in [-0.1, -0.05) is 30.3 Å². The summed E-state index contributed by atoms with van der Waals surface area (Å²) in [5, 5.41) is 3.05. The first-order chi connectivity index (χ1) is 11.2. The molecule has 0 aliphatic rings. The second-order valence-electron chi connectivity index (χ2n) is 4.92. The number of anilines is 1. The minimum Gasteiger partial charge on any atom is -0.497 e. The summed E-state index contributed by atoms with van der Waals surface area (Å²) in [4.78, 5) is 11.8. The molecule has 0 spiro atoms. The molecule has 1 N–H and O–H groups in total. The standard InChI is InChI=1S/C18H20FNO3/c1-3-23-18(21)16(19)17(13-7-5-4-6-8-13)20-14-9-11-15(22-2)12-10-14/h4-12,16-17,20H,3H2,1-2H3/t16-,17+/m1/s1. The third-order valence-corrected chi connectivity index (χ3v) is 3.38. The predicted molar refractivity (Wildman–Crippen MR) is 87.3 cm³/mol. The van der Waals surface area contributed by atoms with Crippen molar-refractivity contribution in [3.63, 3.8) is 0 Å². The molecule has 0 saturated carbocycles. The molecule has 2 rings (SSSR count). The minimum absolute atomic E-state index is 0.142. The topological polar surface area (TPSA) is 47.6 Å². The minimum atomic E-state index is -1.81. The monoisotopic (exact) mass is 317 g/mol. The van der Waals surface area contributed by atoms with Gasteiger partial charge in [-0.05, 0) is 36.8 Å². The summed E-state index contributed by atoms with van der Waals surface area (Å²) in [5.41, 5.74) is 1.36. The molecule has 0 aliphatic heterocycles. The van der Waals surface area contributed by atoms with Crippen LogP contribution in [-0.2, 0) is 9.53 Å². The van der Waals surface area contributed by atoms with E-state index in [0.717, 1.165) is 0 Å². The Morgan fingerprint density at radius 2 is 1.78 bits per heavy atom. The fourth-order valence-electron chi connectivity index (χ4n) is 2.21. The maximum atomic E-state index is 14.6. The zero-order chi connectivity index (χ0) is 16.7. The number of benzene rings is 2. The van der Waals surface area contributed by atoms with Gasteiger partial charge < -0.3 is 14.8 Å². The van der Waals surface area contributed by atoms with Crippen molar-refractivity contribution in [1.82, 2.24) is 0 Å². The number of methoxy groups -OCH3 is 1. The fourth-order valence-corrected chi connectivity index (χ4v) is 2.21. The number of hydrogen-bond acceptors (Lipinski definition) is 4. The number of carbonyl (C=O) groups excluding carboxylic acids is 1. The molecule has 0 aliphatic carbocycles. The first-order valence-electron chi connectivity index (χ1n) is 7.42. The van der Waals surface area contributed by atoms with Crippen molar-refractivity contribution >= 4 is 11.7 Å². The Hall–Kier alpha value is -2.56. The highest BCUT2D eigenvalue weighted by Gasteiger charge is 2.30. The molecule has 0 bridgehead atoms. The second-order valence-corrected chi connectivity index (χ2v) is 4.92. The molecule has 2 atom stereocenters. The lowest BCUT2D eigenvalue weighted by molar-refractivity contribution is -0.149. The molecule has 0 aromatic heterocycles. The van der Waals surface area contributed by atoms with Crippen LogP contribution in [0, 0.1) is 0 Å². The molecule has 2 aromatic rings. The third-order valence-electron chi connectivity index (χ3n) is 3.38. The Kier molecular flexibility index (Phi) is 5.97. The highest BCUT2D eigenvalue weighted by Crippen LogP contribution is 2.26. The van der Waals surface area contributed by atoms with Crippen LogP contribution in [0.5, 0.6) is 5.75 Å². The van der Waals surface area contributed by atoms with Gasteiger partial charge in [0.2, 0.25) is 6.17 Å². The molecule has 122 valence electrons. The Bertz CT molecular complexity index is 616. The maximum Gasteiger partial charge on any atom is 0.343 e. The van der Waals surface area contributed by atoms with Gasteiger partial charge in [-0.25, -0.2) is 9.18 Å².